The Morgan fingerprint density at radius 1 is 1.20 bits per heavy atom. The standard InChI is InChI=1S/C17H24N2O/c1-4-5-6-11-18-12-13-19(14-15(18)2)16-7-9-17(20-3)10-8-16/h7-10,15H,4,11-14H2,1-3H3/t15-/m1/s1. The van der Waals surface area contributed by atoms with E-state index in [1.807, 2.05) is 12.1 Å². The van der Waals surface area contributed by atoms with E-state index in [0.717, 1.165) is 38.3 Å². The van der Waals surface area contributed by atoms with Crippen LogP contribution >= 0.6 is 0 Å². The van der Waals surface area contributed by atoms with E-state index in [1.54, 1.807) is 7.11 Å². The quantitative estimate of drug-likeness (QED) is 0.787. The van der Waals surface area contributed by atoms with Crippen LogP contribution in [0.4, 0.5) is 5.69 Å². The van der Waals surface area contributed by atoms with Crippen molar-refractivity contribution in [1.29, 1.82) is 0 Å². The summed E-state index contributed by atoms with van der Waals surface area (Å²) >= 11 is 0. The summed E-state index contributed by atoms with van der Waals surface area (Å²) < 4.78 is 5.21. The minimum absolute atomic E-state index is 0.539. The van der Waals surface area contributed by atoms with E-state index in [0.29, 0.717) is 6.04 Å². The van der Waals surface area contributed by atoms with Crippen LogP contribution in [0.1, 0.15) is 20.3 Å². The number of ether oxygens (including phenoxy) is 1. The van der Waals surface area contributed by atoms with Crippen LogP contribution in [0, 0.1) is 11.8 Å². The molecule has 0 aromatic heterocycles. The van der Waals surface area contributed by atoms with Crippen molar-refractivity contribution in [2.45, 2.75) is 26.3 Å². The van der Waals surface area contributed by atoms with Crippen LogP contribution in [0.25, 0.3) is 0 Å². The smallest absolute Gasteiger partial charge is 0.119 e. The van der Waals surface area contributed by atoms with E-state index in [1.165, 1.54) is 5.69 Å². The fraction of sp³-hybridized carbons (Fsp3) is 0.529. The zero-order valence-electron chi connectivity index (χ0n) is 12.7. The molecule has 108 valence electrons. The van der Waals surface area contributed by atoms with Gasteiger partial charge in [-0.15, -0.1) is 5.92 Å². The molecule has 3 nitrogen and oxygen atoms in total. The first-order valence-electron chi connectivity index (χ1n) is 7.33. The van der Waals surface area contributed by atoms with Crippen LogP contribution in [0.5, 0.6) is 5.75 Å². The van der Waals surface area contributed by atoms with Crippen LogP contribution in [-0.2, 0) is 0 Å². The maximum atomic E-state index is 5.21. The first-order valence-corrected chi connectivity index (χ1v) is 7.33. The molecule has 20 heavy (non-hydrogen) atoms. The van der Waals surface area contributed by atoms with Crippen molar-refractivity contribution >= 4 is 5.69 Å². The molecule has 0 N–H and O–H groups in total. The second kappa shape index (κ2) is 7.21. The van der Waals surface area contributed by atoms with Crippen LogP contribution < -0.4 is 9.64 Å². The summed E-state index contributed by atoms with van der Waals surface area (Å²) in [6.45, 7) is 8.46. The van der Waals surface area contributed by atoms with Gasteiger partial charge in [0.2, 0.25) is 0 Å². The van der Waals surface area contributed by atoms with Gasteiger partial charge in [0.1, 0.15) is 5.75 Å². The van der Waals surface area contributed by atoms with E-state index in [-0.39, 0.29) is 0 Å². The molecule has 0 bridgehead atoms. The molecule has 1 aliphatic heterocycles. The Kier molecular flexibility index (Phi) is 5.31. The number of hydrogen-bond donors (Lipinski definition) is 0. The maximum absolute atomic E-state index is 5.21. The van der Waals surface area contributed by atoms with Crippen LogP contribution in [0.3, 0.4) is 0 Å². The lowest BCUT2D eigenvalue weighted by atomic mass is 10.1. The first-order chi connectivity index (χ1) is 9.74. The van der Waals surface area contributed by atoms with Crippen molar-refractivity contribution in [3.8, 4) is 17.6 Å². The van der Waals surface area contributed by atoms with Gasteiger partial charge >= 0.3 is 0 Å². The van der Waals surface area contributed by atoms with Crippen molar-refractivity contribution in [2.75, 3.05) is 38.2 Å². The summed E-state index contributed by atoms with van der Waals surface area (Å²) in [5, 5.41) is 0. The SMILES string of the molecule is CCC#CCN1CCN(c2ccc(OC)cc2)C[C@H]1C. The molecular weight excluding hydrogens is 248 g/mol. The average Bonchev–Trinajstić information content (AvgIpc) is 2.49. The third-order valence-corrected chi connectivity index (χ3v) is 3.79. The molecule has 1 heterocycles. The summed E-state index contributed by atoms with van der Waals surface area (Å²) in [4.78, 5) is 4.90. The first kappa shape index (κ1) is 14.7. The Morgan fingerprint density at radius 2 is 1.95 bits per heavy atom. The number of benzene rings is 1. The highest BCUT2D eigenvalue weighted by Crippen LogP contribution is 2.22. The van der Waals surface area contributed by atoms with Gasteiger partial charge in [0.05, 0.1) is 13.7 Å². The number of methoxy groups -OCH3 is 1. The van der Waals surface area contributed by atoms with Crippen molar-refractivity contribution in [1.82, 2.24) is 4.90 Å². The Labute approximate surface area is 122 Å². The summed E-state index contributed by atoms with van der Waals surface area (Å²) in [5.74, 6) is 7.31. The second-order valence-electron chi connectivity index (χ2n) is 5.17. The zero-order valence-corrected chi connectivity index (χ0v) is 12.7. The molecule has 3 heteroatoms. The van der Waals surface area contributed by atoms with E-state index in [9.17, 15) is 0 Å². The van der Waals surface area contributed by atoms with E-state index in [2.05, 4.69) is 47.6 Å². The Hall–Kier alpha value is -1.66. The maximum Gasteiger partial charge on any atom is 0.119 e. The molecule has 0 aliphatic carbocycles. The molecule has 0 radical (unpaired) electrons. The van der Waals surface area contributed by atoms with Gasteiger partial charge in [0.25, 0.3) is 0 Å². The number of piperazine rings is 1. The Morgan fingerprint density at radius 3 is 2.55 bits per heavy atom. The third-order valence-electron chi connectivity index (χ3n) is 3.79. The van der Waals surface area contributed by atoms with Gasteiger partial charge < -0.3 is 9.64 Å². The molecular formula is C17H24N2O. The molecule has 1 aliphatic rings. The molecule has 2 rings (SSSR count). The molecule has 1 atom stereocenters. The summed E-state index contributed by atoms with van der Waals surface area (Å²) in [6, 6.07) is 8.87. The van der Waals surface area contributed by atoms with E-state index in [4.69, 9.17) is 4.74 Å². The second-order valence-corrected chi connectivity index (χ2v) is 5.17. The molecule has 0 unspecified atom stereocenters. The number of hydrogen-bond acceptors (Lipinski definition) is 3. The predicted octanol–water partition coefficient (Wildman–Crippen LogP) is 2.62. The highest BCUT2D eigenvalue weighted by molar-refractivity contribution is 5.49. The minimum atomic E-state index is 0.539. The largest absolute Gasteiger partial charge is 0.497 e. The Balaban J connectivity index is 1.93. The summed E-state index contributed by atoms with van der Waals surface area (Å²) in [7, 11) is 1.70. The van der Waals surface area contributed by atoms with Gasteiger partial charge in [-0.05, 0) is 31.2 Å². The van der Waals surface area contributed by atoms with Gasteiger partial charge in [-0.1, -0.05) is 12.8 Å². The van der Waals surface area contributed by atoms with Crippen LogP contribution in [0.15, 0.2) is 24.3 Å². The van der Waals surface area contributed by atoms with Crippen molar-refractivity contribution in [2.24, 2.45) is 0 Å². The monoisotopic (exact) mass is 272 g/mol. The summed E-state index contributed by atoms with van der Waals surface area (Å²) in [5.41, 5.74) is 1.27. The van der Waals surface area contributed by atoms with E-state index < -0.39 is 0 Å². The average molecular weight is 272 g/mol. The topological polar surface area (TPSA) is 15.7 Å². The number of nitrogens with zero attached hydrogens (tertiary/aromatic N) is 2. The summed E-state index contributed by atoms with van der Waals surface area (Å²) in [6.07, 6.45) is 0.945. The normalized spacial score (nSPS) is 19.4. The van der Waals surface area contributed by atoms with E-state index >= 15 is 0 Å². The molecule has 1 aromatic carbocycles. The van der Waals surface area contributed by atoms with Crippen molar-refractivity contribution in [3.63, 3.8) is 0 Å². The van der Waals surface area contributed by atoms with Crippen molar-refractivity contribution < 1.29 is 4.74 Å². The highest BCUT2D eigenvalue weighted by atomic mass is 16.5. The van der Waals surface area contributed by atoms with Crippen LogP contribution in [-0.4, -0.2) is 44.2 Å². The fourth-order valence-corrected chi connectivity index (χ4v) is 2.54. The highest BCUT2D eigenvalue weighted by Gasteiger charge is 2.22. The number of rotatable bonds is 3. The van der Waals surface area contributed by atoms with Crippen LogP contribution in [0.2, 0.25) is 0 Å². The molecule has 1 aromatic rings. The van der Waals surface area contributed by atoms with Crippen molar-refractivity contribution in [3.05, 3.63) is 24.3 Å². The van der Waals surface area contributed by atoms with Gasteiger partial charge in [-0.2, -0.15) is 0 Å². The molecule has 0 amide bonds. The zero-order chi connectivity index (χ0) is 14.4. The predicted molar refractivity (Wildman–Crippen MR) is 84.3 cm³/mol. The fourth-order valence-electron chi connectivity index (χ4n) is 2.54. The van der Waals surface area contributed by atoms with Gasteiger partial charge in [-0.3, -0.25) is 4.90 Å². The van der Waals surface area contributed by atoms with Gasteiger partial charge in [-0.25, -0.2) is 0 Å². The number of anilines is 1. The lowest BCUT2D eigenvalue weighted by Crippen LogP contribution is -2.52. The molecule has 1 saturated heterocycles. The molecule has 1 fully saturated rings. The minimum Gasteiger partial charge on any atom is -0.497 e. The van der Waals surface area contributed by atoms with Gasteiger partial charge in [0.15, 0.2) is 0 Å². The lowest BCUT2D eigenvalue weighted by Gasteiger charge is -2.40. The third kappa shape index (κ3) is 3.68. The molecule has 0 saturated carbocycles. The molecule has 0 spiro atoms. The van der Waals surface area contributed by atoms with Gasteiger partial charge in [0, 0.05) is 37.8 Å². The lowest BCUT2D eigenvalue weighted by molar-refractivity contribution is 0.213. The Bertz CT molecular complexity index is 472.